The van der Waals surface area contributed by atoms with Crippen LogP contribution in [0.5, 0.6) is 0 Å². The summed E-state index contributed by atoms with van der Waals surface area (Å²) in [6, 6.07) is 10.5. The van der Waals surface area contributed by atoms with Crippen LogP contribution >= 0.6 is 15.9 Å². The van der Waals surface area contributed by atoms with Gasteiger partial charge in [0, 0.05) is 43.2 Å². The van der Waals surface area contributed by atoms with Crippen molar-refractivity contribution < 1.29 is 24.1 Å². The Labute approximate surface area is 244 Å². The molecule has 1 saturated heterocycles. The minimum absolute atomic E-state index is 0.0704. The molecule has 2 N–H and O–H groups in total. The third kappa shape index (κ3) is 7.00. The van der Waals surface area contributed by atoms with Gasteiger partial charge in [0.1, 0.15) is 12.6 Å². The third-order valence-electron chi connectivity index (χ3n) is 7.34. The largest absolute Gasteiger partial charge is 0.465 e. The van der Waals surface area contributed by atoms with Gasteiger partial charge in [-0.3, -0.25) is 10.3 Å². The molecule has 3 heterocycles. The van der Waals surface area contributed by atoms with E-state index in [1.54, 1.807) is 12.1 Å². The van der Waals surface area contributed by atoms with Crippen LogP contribution in [0.25, 0.3) is 11.3 Å². The number of hydrogen-bond acceptors (Lipinski definition) is 6. The number of rotatable bonds is 10. The summed E-state index contributed by atoms with van der Waals surface area (Å²) >= 11 is 3.59. The number of fused-ring (bicyclic) bond motifs is 1. The van der Waals surface area contributed by atoms with Crippen molar-refractivity contribution in [1.82, 2.24) is 14.5 Å². The fourth-order valence-electron chi connectivity index (χ4n) is 5.24. The van der Waals surface area contributed by atoms with Gasteiger partial charge in [-0.2, -0.15) is 0 Å². The number of anilines is 1. The first kappa shape index (κ1) is 28.9. The molecular formula is C29H37BrN4O5Si. The Morgan fingerprint density at radius 1 is 1.20 bits per heavy atom. The van der Waals surface area contributed by atoms with Crippen molar-refractivity contribution in [2.45, 2.75) is 76.4 Å². The second kappa shape index (κ2) is 12.5. The molecule has 214 valence electrons. The van der Waals surface area contributed by atoms with E-state index in [1.165, 1.54) is 0 Å². The highest BCUT2D eigenvalue weighted by Crippen LogP contribution is 2.46. The molecule has 40 heavy (non-hydrogen) atoms. The average molecular weight is 630 g/mol. The predicted molar refractivity (Wildman–Crippen MR) is 159 cm³/mol. The van der Waals surface area contributed by atoms with Crippen molar-refractivity contribution in [1.29, 1.82) is 0 Å². The van der Waals surface area contributed by atoms with Crippen LogP contribution in [0.1, 0.15) is 54.8 Å². The summed E-state index contributed by atoms with van der Waals surface area (Å²) in [6.07, 6.45) is 6.05. The molecule has 0 radical (unpaired) electrons. The average Bonchev–Trinajstić information content (AvgIpc) is 3.48. The van der Waals surface area contributed by atoms with E-state index in [1.807, 2.05) is 24.5 Å². The fourth-order valence-corrected chi connectivity index (χ4v) is 6.35. The Balaban J connectivity index is 1.46. The lowest BCUT2D eigenvalue weighted by Crippen LogP contribution is -2.24. The highest BCUT2D eigenvalue weighted by molar-refractivity contribution is 9.10. The van der Waals surface area contributed by atoms with E-state index in [4.69, 9.17) is 29.3 Å². The highest BCUT2D eigenvalue weighted by atomic mass is 79.9. The normalized spacial score (nSPS) is 20.9. The van der Waals surface area contributed by atoms with Gasteiger partial charge in [-0.25, -0.2) is 9.78 Å². The van der Waals surface area contributed by atoms with E-state index in [0.717, 1.165) is 64.7 Å². The zero-order chi connectivity index (χ0) is 28.3. The van der Waals surface area contributed by atoms with Crippen LogP contribution in [0, 0.1) is 0 Å². The van der Waals surface area contributed by atoms with Crippen molar-refractivity contribution in [2.24, 2.45) is 0 Å². The molecule has 1 aliphatic carbocycles. The second-order valence-corrected chi connectivity index (χ2v) is 18.2. The quantitative estimate of drug-likeness (QED) is 0.180. The van der Waals surface area contributed by atoms with Crippen LogP contribution in [-0.4, -0.2) is 53.3 Å². The molecule has 2 aliphatic rings. The summed E-state index contributed by atoms with van der Waals surface area (Å²) in [6.45, 7) is 8.80. The number of nitrogens with one attached hydrogen (secondary N) is 1. The number of aromatic nitrogens is 3. The monoisotopic (exact) mass is 628 g/mol. The lowest BCUT2D eigenvalue weighted by molar-refractivity contribution is -0.189. The molecule has 3 atom stereocenters. The van der Waals surface area contributed by atoms with Crippen molar-refractivity contribution in [2.75, 3.05) is 18.5 Å². The number of carboxylic acid groups (broad SMARTS) is 1. The number of pyridine rings is 1. The fraction of sp³-hybridized carbons (Fsp3) is 0.483. The van der Waals surface area contributed by atoms with Crippen LogP contribution in [0.2, 0.25) is 25.7 Å². The standard InChI is InChI=1S/C29H37BrN4O5Si/c1-40(2,3)13-12-37-18-34-24(19-7-9-21(10-8-19)33-29(35)36)17-32-28(34)23-15-25(39-26-6-4-5-11-38-26)22-14-20(30)16-31-27(22)23/h7-10,14,16-17,23,25-26,33H,4-6,11-13,15,18H2,1-3H3,(H,35,36). The van der Waals surface area contributed by atoms with Crippen LogP contribution in [0.15, 0.2) is 47.2 Å². The van der Waals surface area contributed by atoms with E-state index in [2.05, 4.69) is 51.5 Å². The minimum atomic E-state index is -1.25. The topological polar surface area (TPSA) is 108 Å². The van der Waals surface area contributed by atoms with Crippen LogP contribution in [-0.2, 0) is 20.9 Å². The molecule has 5 rings (SSSR count). The first-order valence-electron chi connectivity index (χ1n) is 13.8. The number of amides is 1. The molecule has 9 nitrogen and oxygen atoms in total. The summed E-state index contributed by atoms with van der Waals surface area (Å²) in [5.74, 6) is 0.807. The zero-order valence-electron chi connectivity index (χ0n) is 23.2. The molecule has 1 aromatic carbocycles. The Hall–Kier alpha value is -2.57. The molecule has 0 spiro atoms. The van der Waals surface area contributed by atoms with Gasteiger partial charge in [0.2, 0.25) is 0 Å². The van der Waals surface area contributed by atoms with E-state index in [0.29, 0.717) is 25.4 Å². The molecule has 1 amide bonds. The maximum absolute atomic E-state index is 11.1. The SMILES string of the molecule is C[Si](C)(C)CCOCn1c(-c2ccc(NC(=O)O)cc2)cnc1C1CC(OC2CCCCO2)c2cc(Br)cnc21. The minimum Gasteiger partial charge on any atom is -0.465 e. The van der Waals surface area contributed by atoms with E-state index in [-0.39, 0.29) is 18.3 Å². The molecule has 11 heteroatoms. The molecule has 2 aromatic heterocycles. The van der Waals surface area contributed by atoms with Gasteiger partial charge in [-0.1, -0.05) is 31.8 Å². The van der Waals surface area contributed by atoms with Crippen molar-refractivity contribution in [3.05, 3.63) is 64.3 Å². The number of carbonyl (C=O) groups is 1. The molecule has 0 saturated carbocycles. The number of nitrogens with zero attached hydrogens (tertiary/aromatic N) is 3. The van der Waals surface area contributed by atoms with Crippen molar-refractivity contribution >= 4 is 35.8 Å². The van der Waals surface area contributed by atoms with Crippen LogP contribution < -0.4 is 5.32 Å². The Morgan fingerprint density at radius 2 is 2.00 bits per heavy atom. The predicted octanol–water partition coefficient (Wildman–Crippen LogP) is 7.23. The lowest BCUT2D eigenvalue weighted by Gasteiger charge is -2.26. The summed E-state index contributed by atoms with van der Waals surface area (Å²) in [7, 11) is -1.25. The van der Waals surface area contributed by atoms with Crippen molar-refractivity contribution in [3.8, 4) is 11.3 Å². The van der Waals surface area contributed by atoms with E-state index >= 15 is 0 Å². The number of hydrogen-bond donors (Lipinski definition) is 2. The number of halogens is 1. The van der Waals surface area contributed by atoms with E-state index < -0.39 is 14.2 Å². The third-order valence-corrected chi connectivity index (χ3v) is 9.48. The Morgan fingerprint density at radius 3 is 2.70 bits per heavy atom. The van der Waals surface area contributed by atoms with Gasteiger partial charge in [-0.15, -0.1) is 0 Å². The second-order valence-electron chi connectivity index (χ2n) is 11.6. The van der Waals surface area contributed by atoms with Gasteiger partial charge < -0.3 is 23.9 Å². The van der Waals surface area contributed by atoms with Crippen LogP contribution in [0.3, 0.4) is 0 Å². The van der Waals surface area contributed by atoms with Crippen molar-refractivity contribution in [3.63, 3.8) is 0 Å². The molecule has 3 unspecified atom stereocenters. The molecule has 0 bridgehead atoms. The first-order valence-corrected chi connectivity index (χ1v) is 18.3. The van der Waals surface area contributed by atoms with Crippen LogP contribution in [0.4, 0.5) is 10.5 Å². The summed E-state index contributed by atoms with van der Waals surface area (Å²) in [5.41, 5.74) is 4.37. The Kier molecular flexibility index (Phi) is 9.06. The van der Waals surface area contributed by atoms with Gasteiger partial charge in [0.05, 0.1) is 29.6 Å². The van der Waals surface area contributed by atoms with E-state index in [9.17, 15) is 4.79 Å². The maximum Gasteiger partial charge on any atom is 0.409 e. The summed E-state index contributed by atoms with van der Waals surface area (Å²) in [4.78, 5) is 20.8. The summed E-state index contributed by atoms with van der Waals surface area (Å²) < 4.78 is 21.7. The Bertz CT molecular complexity index is 1320. The molecular weight excluding hydrogens is 592 g/mol. The highest BCUT2D eigenvalue weighted by Gasteiger charge is 2.38. The zero-order valence-corrected chi connectivity index (χ0v) is 25.8. The first-order chi connectivity index (χ1) is 19.2. The lowest BCUT2D eigenvalue weighted by atomic mass is 10.1. The number of imidazole rings is 1. The van der Waals surface area contributed by atoms with Gasteiger partial charge in [-0.05, 0) is 71.4 Å². The molecule has 3 aromatic rings. The van der Waals surface area contributed by atoms with Gasteiger partial charge in [0.15, 0.2) is 6.29 Å². The number of ether oxygens (including phenoxy) is 3. The molecule has 1 fully saturated rings. The molecule has 1 aliphatic heterocycles. The number of benzene rings is 1. The van der Waals surface area contributed by atoms with Gasteiger partial charge in [0.25, 0.3) is 0 Å². The summed E-state index contributed by atoms with van der Waals surface area (Å²) in [5, 5.41) is 11.5. The smallest absolute Gasteiger partial charge is 0.409 e. The van der Waals surface area contributed by atoms with Gasteiger partial charge >= 0.3 is 6.09 Å². The maximum atomic E-state index is 11.1.